The summed E-state index contributed by atoms with van der Waals surface area (Å²) in [6.45, 7) is 13.5. The van der Waals surface area contributed by atoms with Crippen molar-refractivity contribution in [2.75, 3.05) is 9.71 Å². The number of para-hydroxylation sites is 1. The van der Waals surface area contributed by atoms with E-state index in [2.05, 4.69) is 264 Å². The number of fused-ring (bicyclic) bond motifs is 12. The van der Waals surface area contributed by atoms with E-state index in [4.69, 9.17) is 8.83 Å². The van der Waals surface area contributed by atoms with E-state index in [0.717, 1.165) is 89.2 Å². The summed E-state index contributed by atoms with van der Waals surface area (Å²) in [5.41, 5.74) is 18.8. The highest BCUT2D eigenvalue weighted by Crippen LogP contribution is 2.55. The highest BCUT2D eigenvalue weighted by atomic mass is 32.1. The van der Waals surface area contributed by atoms with Crippen molar-refractivity contribution in [2.24, 2.45) is 0 Å². The molecule has 0 aliphatic carbocycles. The largest absolute Gasteiger partial charge is 0.455 e. The van der Waals surface area contributed by atoms with Gasteiger partial charge in [0, 0.05) is 81.0 Å². The van der Waals surface area contributed by atoms with Gasteiger partial charge in [-0.2, -0.15) is 0 Å². The fourth-order valence-corrected chi connectivity index (χ4v) is 13.5. The number of anilines is 5. The van der Waals surface area contributed by atoms with Gasteiger partial charge < -0.3 is 18.5 Å². The first-order chi connectivity index (χ1) is 37.0. The van der Waals surface area contributed by atoms with Gasteiger partial charge in [-0.3, -0.25) is 0 Å². The molecule has 0 bridgehead atoms. The summed E-state index contributed by atoms with van der Waals surface area (Å²) in [4.78, 5) is 5.22. The lowest BCUT2D eigenvalue weighted by Gasteiger charge is -2.46. The molecule has 364 valence electrons. The average molecular weight is 997 g/mol. The number of hydrogen-bond acceptors (Lipinski definition) is 5. The second-order valence-corrected chi connectivity index (χ2v) is 23.9. The zero-order valence-corrected chi connectivity index (χ0v) is 44.2. The van der Waals surface area contributed by atoms with Crippen LogP contribution < -0.4 is 20.6 Å². The number of hydrogen-bond donors (Lipinski definition) is 0. The lowest BCUT2D eigenvalue weighted by atomic mass is 9.43. The molecule has 0 saturated heterocycles. The number of nitrogens with zero attached hydrogens (tertiary/aromatic N) is 2. The molecule has 0 saturated carbocycles. The molecule has 15 rings (SSSR count). The lowest BCUT2D eigenvalue weighted by Crippen LogP contribution is -2.61. The van der Waals surface area contributed by atoms with Crippen molar-refractivity contribution in [3.05, 3.63) is 223 Å². The van der Waals surface area contributed by atoms with Gasteiger partial charge in [-0.15, -0.1) is 11.3 Å². The van der Waals surface area contributed by atoms with Crippen LogP contribution in [0.1, 0.15) is 52.7 Å². The molecule has 0 spiro atoms. The Labute approximate surface area is 447 Å². The molecule has 2 aliphatic heterocycles. The SMILES string of the molecule is CC(C)(C)c1ccc(N2B3c4cc5c(-c6ccccc6)oc(-c6ccccc6)c5cc4N(c4ccc(C(C)(C)C)cc4-c4ccccc4)c4c3c(cc3c4oc4ccccc43)-c3cc4c(cc32)sc2ccccc24)cc1. The normalized spacial score (nSPS) is 13.3. The minimum Gasteiger partial charge on any atom is -0.455 e. The predicted octanol–water partition coefficient (Wildman–Crippen LogP) is 19.0. The Hall–Kier alpha value is -8.58. The van der Waals surface area contributed by atoms with Crippen LogP contribution in [-0.2, 0) is 10.8 Å². The number of furan rings is 2. The van der Waals surface area contributed by atoms with E-state index in [9.17, 15) is 0 Å². The first-order valence-corrected chi connectivity index (χ1v) is 27.3. The first kappa shape index (κ1) is 44.9. The Morgan fingerprint density at radius 1 is 0.408 bits per heavy atom. The first-order valence-electron chi connectivity index (χ1n) is 26.5. The molecule has 0 amide bonds. The molecule has 10 aromatic carbocycles. The summed E-state index contributed by atoms with van der Waals surface area (Å²) in [5.74, 6) is 1.69. The van der Waals surface area contributed by atoms with Crippen molar-refractivity contribution in [3.63, 3.8) is 0 Å². The van der Waals surface area contributed by atoms with Crippen molar-refractivity contribution in [1.82, 2.24) is 0 Å². The smallest absolute Gasteiger partial charge is 0.333 e. The van der Waals surface area contributed by atoms with Crippen molar-refractivity contribution in [2.45, 2.75) is 52.4 Å². The molecule has 2 aliphatic rings. The van der Waals surface area contributed by atoms with Gasteiger partial charge in [-0.05, 0) is 105 Å². The van der Waals surface area contributed by atoms with E-state index < -0.39 is 0 Å². The Morgan fingerprint density at radius 3 is 1.68 bits per heavy atom. The molecule has 0 atom stereocenters. The number of thiophene rings is 1. The standard InChI is InChI=1S/C70H53BN2O2S/c1-69(2,3)45-30-33-47(34-31-45)73-59-41-63-52(49-27-17-19-29-62(49)76-63)37-51(59)53-38-54-48-26-16-18-28-61(48)74-68(54)65-64(53)71(73)57-39-55-56(67(44-24-14-9-15-25-44)75-66(55)43-22-12-8-13-23-43)40-60(57)72(65)58-35-32-46(70(4,5)6)36-50(58)42-20-10-7-11-21-42/h7-41H,1-6H3. The lowest BCUT2D eigenvalue weighted by molar-refractivity contribution is 0.590. The van der Waals surface area contributed by atoms with Crippen molar-refractivity contribution in [1.29, 1.82) is 0 Å². The molecule has 76 heavy (non-hydrogen) atoms. The molecule has 13 aromatic rings. The predicted molar refractivity (Wildman–Crippen MR) is 324 cm³/mol. The van der Waals surface area contributed by atoms with E-state index in [-0.39, 0.29) is 17.7 Å². The van der Waals surface area contributed by atoms with Gasteiger partial charge in [0.2, 0.25) is 0 Å². The molecule has 0 N–H and O–H groups in total. The van der Waals surface area contributed by atoms with Crippen molar-refractivity contribution in [3.8, 4) is 44.9 Å². The van der Waals surface area contributed by atoms with Crippen LogP contribution in [0.5, 0.6) is 0 Å². The van der Waals surface area contributed by atoms with Crippen LogP contribution in [0.2, 0.25) is 0 Å². The highest BCUT2D eigenvalue weighted by Gasteiger charge is 2.48. The van der Waals surface area contributed by atoms with Gasteiger partial charge in [0.25, 0.3) is 0 Å². The van der Waals surface area contributed by atoms with Crippen molar-refractivity contribution < 1.29 is 8.83 Å². The van der Waals surface area contributed by atoms with Crippen LogP contribution in [0.25, 0.3) is 97.8 Å². The quantitative estimate of drug-likeness (QED) is 0.161. The maximum absolute atomic E-state index is 7.38. The summed E-state index contributed by atoms with van der Waals surface area (Å²) < 4.78 is 17.2. The molecule has 3 aromatic heterocycles. The third-order valence-electron chi connectivity index (χ3n) is 16.2. The molecule has 4 nitrogen and oxygen atoms in total. The number of benzene rings is 10. The third-order valence-corrected chi connectivity index (χ3v) is 17.3. The summed E-state index contributed by atoms with van der Waals surface area (Å²) >= 11 is 1.88. The van der Waals surface area contributed by atoms with Crippen molar-refractivity contribution >= 4 is 110 Å². The van der Waals surface area contributed by atoms with Crippen LogP contribution in [0, 0.1) is 0 Å². The van der Waals surface area contributed by atoms with E-state index in [0.29, 0.717) is 0 Å². The highest BCUT2D eigenvalue weighted by molar-refractivity contribution is 7.25. The summed E-state index contributed by atoms with van der Waals surface area (Å²) in [7, 11) is 0. The molecular formula is C70H53BN2O2S. The summed E-state index contributed by atoms with van der Waals surface area (Å²) in [6.07, 6.45) is 0. The van der Waals surface area contributed by atoms with Gasteiger partial charge in [0.1, 0.15) is 17.1 Å². The molecular weight excluding hydrogens is 944 g/mol. The molecule has 5 heterocycles. The van der Waals surface area contributed by atoms with Gasteiger partial charge in [0.15, 0.2) is 5.58 Å². The molecule has 0 unspecified atom stereocenters. The van der Waals surface area contributed by atoms with E-state index in [1.807, 2.05) is 11.3 Å². The van der Waals surface area contributed by atoms with E-state index >= 15 is 0 Å². The molecule has 0 fully saturated rings. The van der Waals surface area contributed by atoms with Crippen LogP contribution in [0.3, 0.4) is 0 Å². The Kier molecular flexibility index (Phi) is 9.72. The average Bonchev–Trinajstić information content (AvgIpc) is 4.14. The second-order valence-electron chi connectivity index (χ2n) is 22.8. The van der Waals surface area contributed by atoms with E-state index in [1.54, 1.807) is 0 Å². The minimum absolute atomic E-state index is 0.0254. The van der Waals surface area contributed by atoms with Crippen LogP contribution in [0.15, 0.2) is 221 Å². The summed E-state index contributed by atoms with van der Waals surface area (Å²) in [6, 6.07) is 78.5. The molecule has 0 radical (unpaired) electrons. The van der Waals surface area contributed by atoms with E-state index in [1.165, 1.54) is 59.0 Å². The Balaban J connectivity index is 1.15. The second kappa shape index (κ2) is 16.5. The maximum Gasteiger partial charge on any atom is 0.333 e. The monoisotopic (exact) mass is 996 g/mol. The summed E-state index contributed by atoms with van der Waals surface area (Å²) in [5, 5.41) is 6.85. The fourth-order valence-electron chi connectivity index (χ4n) is 12.4. The van der Waals surface area contributed by atoms with Gasteiger partial charge in [0.05, 0.1) is 11.4 Å². The van der Waals surface area contributed by atoms with Crippen LogP contribution in [-0.4, -0.2) is 6.85 Å². The Morgan fingerprint density at radius 2 is 1.00 bits per heavy atom. The third kappa shape index (κ3) is 6.76. The fraction of sp³-hybridized carbons (Fsp3) is 0.114. The topological polar surface area (TPSA) is 32.8 Å². The zero-order chi connectivity index (χ0) is 51.2. The zero-order valence-electron chi connectivity index (χ0n) is 43.4. The van der Waals surface area contributed by atoms with Gasteiger partial charge >= 0.3 is 6.85 Å². The van der Waals surface area contributed by atoms with Gasteiger partial charge in [-0.25, -0.2) is 0 Å². The minimum atomic E-state index is -0.300. The number of rotatable bonds is 5. The Bertz CT molecular complexity index is 4480. The molecule has 6 heteroatoms. The van der Waals surface area contributed by atoms with Gasteiger partial charge in [-0.1, -0.05) is 193 Å². The van der Waals surface area contributed by atoms with Crippen LogP contribution in [0.4, 0.5) is 28.4 Å². The van der Waals surface area contributed by atoms with Crippen LogP contribution >= 0.6 is 11.3 Å². The maximum atomic E-state index is 7.38.